The Hall–Kier alpha value is -5.06. The second-order valence-corrected chi connectivity index (χ2v) is 9.05. The molecule has 0 bridgehead atoms. The average molecular weight is 528 g/mol. The topological polar surface area (TPSA) is 90.0 Å². The summed E-state index contributed by atoms with van der Waals surface area (Å²) in [5, 5.41) is 12.2. The lowest BCUT2D eigenvalue weighted by molar-refractivity contribution is -0.142. The van der Waals surface area contributed by atoms with Gasteiger partial charge in [-0.3, -0.25) is 10.1 Å². The zero-order valence-electron chi connectivity index (χ0n) is 20.5. The summed E-state index contributed by atoms with van der Waals surface area (Å²) in [6, 6.07) is 21.5. The van der Waals surface area contributed by atoms with E-state index in [2.05, 4.69) is 25.5 Å². The molecule has 0 aliphatic heterocycles. The van der Waals surface area contributed by atoms with E-state index in [1.807, 2.05) is 55.5 Å². The summed E-state index contributed by atoms with van der Waals surface area (Å²) >= 11 is 0. The van der Waals surface area contributed by atoms with Crippen LogP contribution in [-0.2, 0) is 12.7 Å². The fourth-order valence-corrected chi connectivity index (χ4v) is 4.51. The van der Waals surface area contributed by atoms with E-state index in [0.717, 1.165) is 34.2 Å². The van der Waals surface area contributed by atoms with Crippen LogP contribution in [0.25, 0.3) is 27.7 Å². The number of alkyl halides is 3. The van der Waals surface area contributed by atoms with Crippen LogP contribution in [0, 0.1) is 6.92 Å². The molecule has 1 amide bonds. The summed E-state index contributed by atoms with van der Waals surface area (Å²) < 4.78 is 44.4. The van der Waals surface area contributed by atoms with E-state index < -0.39 is 17.8 Å². The molecule has 3 aromatic carbocycles. The third-order valence-electron chi connectivity index (χ3n) is 6.26. The Bertz CT molecular complexity index is 1850. The van der Waals surface area contributed by atoms with E-state index in [1.54, 1.807) is 22.9 Å². The van der Waals surface area contributed by atoms with Crippen LogP contribution in [0.5, 0.6) is 0 Å². The monoisotopic (exact) mass is 527 g/mol. The quantitative estimate of drug-likeness (QED) is 0.308. The molecule has 0 saturated heterocycles. The summed E-state index contributed by atoms with van der Waals surface area (Å²) in [5.74, 6) is -0.720. The van der Waals surface area contributed by atoms with Gasteiger partial charge < -0.3 is 0 Å². The van der Waals surface area contributed by atoms with Crippen molar-refractivity contribution in [3.63, 3.8) is 0 Å². The third kappa shape index (κ3) is 4.70. The highest BCUT2D eigenvalue weighted by molar-refractivity contribution is 6.07. The van der Waals surface area contributed by atoms with E-state index in [0.29, 0.717) is 16.6 Å². The largest absolute Gasteiger partial charge is 0.433 e. The molecule has 6 aromatic rings. The number of hydrogen-bond acceptors (Lipinski definition) is 5. The number of benzene rings is 3. The van der Waals surface area contributed by atoms with Gasteiger partial charge in [0.05, 0.1) is 18.4 Å². The lowest BCUT2D eigenvalue weighted by Gasteiger charge is -2.13. The number of carbonyl (C=O) groups excluding carboxylic acids is 1. The zero-order chi connectivity index (χ0) is 27.1. The maximum Gasteiger partial charge on any atom is 0.433 e. The van der Waals surface area contributed by atoms with Crippen molar-refractivity contribution in [3.05, 3.63) is 108 Å². The van der Waals surface area contributed by atoms with Crippen LogP contribution in [-0.4, -0.2) is 35.3 Å². The van der Waals surface area contributed by atoms with Crippen molar-refractivity contribution in [3.8, 4) is 11.3 Å². The summed E-state index contributed by atoms with van der Waals surface area (Å²) in [6.45, 7) is 2.42. The Morgan fingerprint density at radius 1 is 1.00 bits per heavy atom. The first-order valence-corrected chi connectivity index (χ1v) is 12.0. The molecule has 0 aliphatic carbocycles. The van der Waals surface area contributed by atoms with Crippen LogP contribution in [0.3, 0.4) is 0 Å². The van der Waals surface area contributed by atoms with Crippen molar-refractivity contribution in [2.75, 3.05) is 5.32 Å². The van der Waals surface area contributed by atoms with Gasteiger partial charge in [0.15, 0.2) is 11.3 Å². The summed E-state index contributed by atoms with van der Waals surface area (Å²) in [4.78, 5) is 21.7. The highest BCUT2D eigenvalue weighted by Gasteiger charge is 2.36. The minimum absolute atomic E-state index is 0.00764. The molecule has 0 unspecified atom stereocenters. The first kappa shape index (κ1) is 24.3. The number of carbonyl (C=O) groups is 1. The first-order chi connectivity index (χ1) is 18.8. The SMILES string of the molecule is Cc1cccc(Cn2cnc(NC(=O)c3cnn4c(C(F)(F)F)cc(-c5cccc6ccccc56)nc34)n2)c1. The minimum Gasteiger partial charge on any atom is -0.289 e. The van der Waals surface area contributed by atoms with Gasteiger partial charge in [0, 0.05) is 5.56 Å². The van der Waals surface area contributed by atoms with Gasteiger partial charge in [-0.2, -0.15) is 18.3 Å². The second kappa shape index (κ2) is 9.35. The van der Waals surface area contributed by atoms with Gasteiger partial charge in [0.25, 0.3) is 5.91 Å². The van der Waals surface area contributed by atoms with Gasteiger partial charge in [0.1, 0.15) is 11.9 Å². The molecule has 3 heterocycles. The number of amides is 1. The van der Waals surface area contributed by atoms with E-state index in [4.69, 9.17) is 0 Å². The van der Waals surface area contributed by atoms with Gasteiger partial charge in [-0.15, -0.1) is 5.10 Å². The Balaban J connectivity index is 1.37. The molecule has 0 saturated carbocycles. The predicted molar refractivity (Wildman–Crippen MR) is 139 cm³/mol. The highest BCUT2D eigenvalue weighted by atomic mass is 19.4. The van der Waals surface area contributed by atoms with Gasteiger partial charge in [0.2, 0.25) is 5.95 Å². The Morgan fingerprint density at radius 2 is 1.79 bits per heavy atom. The van der Waals surface area contributed by atoms with Crippen molar-refractivity contribution in [2.24, 2.45) is 0 Å². The van der Waals surface area contributed by atoms with Crippen LogP contribution in [0.1, 0.15) is 27.2 Å². The second-order valence-electron chi connectivity index (χ2n) is 9.05. The molecule has 0 aliphatic rings. The van der Waals surface area contributed by atoms with Gasteiger partial charge in [-0.1, -0.05) is 72.3 Å². The van der Waals surface area contributed by atoms with E-state index >= 15 is 0 Å². The Morgan fingerprint density at radius 3 is 2.62 bits per heavy atom. The molecular formula is C28H20F3N7O. The number of aryl methyl sites for hydroxylation is 1. The van der Waals surface area contributed by atoms with Crippen molar-refractivity contribution in [1.82, 2.24) is 29.4 Å². The van der Waals surface area contributed by atoms with Crippen molar-refractivity contribution in [1.29, 1.82) is 0 Å². The third-order valence-corrected chi connectivity index (χ3v) is 6.26. The van der Waals surface area contributed by atoms with E-state index in [9.17, 15) is 18.0 Å². The molecule has 6 rings (SSSR count). The highest BCUT2D eigenvalue weighted by Crippen LogP contribution is 2.35. The zero-order valence-corrected chi connectivity index (χ0v) is 20.5. The number of fused-ring (bicyclic) bond motifs is 2. The fourth-order valence-electron chi connectivity index (χ4n) is 4.51. The van der Waals surface area contributed by atoms with Crippen molar-refractivity contribution < 1.29 is 18.0 Å². The van der Waals surface area contributed by atoms with Crippen LogP contribution >= 0.6 is 0 Å². The lowest BCUT2D eigenvalue weighted by Crippen LogP contribution is -2.16. The van der Waals surface area contributed by atoms with Gasteiger partial charge in [-0.05, 0) is 29.3 Å². The summed E-state index contributed by atoms with van der Waals surface area (Å²) in [5.41, 5.74) is 1.26. The normalized spacial score (nSPS) is 11.8. The molecule has 0 radical (unpaired) electrons. The molecule has 194 valence electrons. The number of nitrogens with one attached hydrogen (secondary N) is 1. The van der Waals surface area contributed by atoms with Crippen LogP contribution in [0.15, 0.2) is 85.3 Å². The smallest absolute Gasteiger partial charge is 0.289 e. The standard InChI is InChI=1S/C28H20F3N7O/c1-17-6-4-7-18(12-17)15-37-16-32-27(36-37)35-26(39)22-14-33-38-24(28(29,30)31)13-23(34-25(22)38)21-11-5-9-19-8-2-3-10-20(19)21/h2-14,16H,15H2,1H3,(H,35,36,39). The summed E-state index contributed by atoms with van der Waals surface area (Å²) in [7, 11) is 0. The number of aromatic nitrogens is 6. The first-order valence-electron chi connectivity index (χ1n) is 12.0. The number of nitrogens with zero attached hydrogens (tertiary/aromatic N) is 6. The fraction of sp³-hybridized carbons (Fsp3) is 0.107. The molecule has 8 nitrogen and oxygen atoms in total. The maximum atomic E-state index is 14.1. The molecule has 0 atom stereocenters. The maximum absolute atomic E-state index is 14.1. The van der Waals surface area contributed by atoms with Crippen molar-refractivity contribution in [2.45, 2.75) is 19.6 Å². The number of anilines is 1. The van der Waals surface area contributed by atoms with E-state index in [1.165, 1.54) is 6.33 Å². The molecule has 11 heteroatoms. The van der Waals surface area contributed by atoms with Gasteiger partial charge >= 0.3 is 6.18 Å². The van der Waals surface area contributed by atoms with Gasteiger partial charge in [-0.25, -0.2) is 19.2 Å². The average Bonchev–Trinajstić information content (AvgIpc) is 3.54. The molecule has 0 fully saturated rings. The predicted octanol–water partition coefficient (Wildman–Crippen LogP) is 5.77. The van der Waals surface area contributed by atoms with Crippen LogP contribution in [0.2, 0.25) is 0 Å². The molecular weight excluding hydrogens is 507 g/mol. The Labute approximate surface area is 219 Å². The molecule has 3 aromatic heterocycles. The number of hydrogen-bond donors (Lipinski definition) is 1. The minimum atomic E-state index is -4.74. The lowest BCUT2D eigenvalue weighted by atomic mass is 10.0. The van der Waals surface area contributed by atoms with Crippen LogP contribution in [0.4, 0.5) is 19.1 Å². The molecule has 1 N–H and O–H groups in total. The van der Waals surface area contributed by atoms with Crippen molar-refractivity contribution >= 4 is 28.3 Å². The number of halogens is 3. The molecule has 0 spiro atoms. The van der Waals surface area contributed by atoms with Crippen LogP contribution < -0.4 is 5.32 Å². The molecule has 39 heavy (non-hydrogen) atoms. The van der Waals surface area contributed by atoms with E-state index in [-0.39, 0.29) is 22.9 Å². The Kier molecular flexibility index (Phi) is 5.82. The summed E-state index contributed by atoms with van der Waals surface area (Å²) in [6.07, 6.45) is -2.22. The number of rotatable bonds is 5.